The predicted octanol–water partition coefficient (Wildman–Crippen LogP) is 4.89. The first-order valence-electron chi connectivity index (χ1n) is 8.59. The van der Waals surface area contributed by atoms with Crippen LogP contribution in [0.4, 0.5) is 17.6 Å². The minimum Gasteiger partial charge on any atom is -0.476 e. The van der Waals surface area contributed by atoms with Crippen LogP contribution in [0.15, 0.2) is 59.5 Å². The van der Waals surface area contributed by atoms with Crippen LogP contribution in [0.5, 0.6) is 0 Å². The van der Waals surface area contributed by atoms with Crippen molar-refractivity contribution >= 4 is 29.1 Å². The molecule has 0 saturated heterocycles. The number of imidazole rings is 1. The summed E-state index contributed by atoms with van der Waals surface area (Å²) in [6, 6.07) is 7.61. The van der Waals surface area contributed by atoms with Crippen LogP contribution >= 0.6 is 11.6 Å². The number of nitrogens with two attached hydrogens (primary N) is 1. The molecule has 0 spiro atoms. The van der Waals surface area contributed by atoms with Crippen molar-refractivity contribution in [3.63, 3.8) is 0 Å². The van der Waals surface area contributed by atoms with Crippen molar-refractivity contribution in [2.24, 2.45) is 5.73 Å². The van der Waals surface area contributed by atoms with Gasteiger partial charge in [0.15, 0.2) is 11.3 Å². The third-order valence-corrected chi connectivity index (χ3v) is 4.49. The molecule has 166 valence electrons. The van der Waals surface area contributed by atoms with Crippen molar-refractivity contribution in [1.29, 1.82) is 0 Å². The molecule has 1 amide bonds. The zero-order valence-electron chi connectivity index (χ0n) is 15.7. The number of fused-ring (bicyclic) bond motifs is 1. The van der Waals surface area contributed by atoms with Crippen LogP contribution in [0.2, 0.25) is 5.15 Å². The molecule has 0 aliphatic heterocycles. The van der Waals surface area contributed by atoms with Gasteiger partial charge in [0.05, 0.1) is 18.1 Å². The van der Waals surface area contributed by atoms with Crippen LogP contribution < -0.4 is 5.73 Å². The molecule has 0 aliphatic carbocycles. The Hall–Kier alpha value is -3.86. The zero-order valence-corrected chi connectivity index (χ0v) is 16.5. The lowest BCUT2D eigenvalue weighted by molar-refractivity contribution is -0.136. The second-order valence-corrected chi connectivity index (χ2v) is 6.63. The van der Waals surface area contributed by atoms with E-state index in [0.29, 0.717) is 5.56 Å². The highest BCUT2D eigenvalue weighted by molar-refractivity contribution is 6.32. The van der Waals surface area contributed by atoms with Crippen molar-refractivity contribution in [1.82, 2.24) is 9.38 Å². The first-order valence-corrected chi connectivity index (χ1v) is 8.97. The van der Waals surface area contributed by atoms with Gasteiger partial charge in [-0.2, -0.15) is 13.2 Å². The molecular weight excluding hydrogens is 458 g/mol. The number of hydrogen-bond donors (Lipinski definition) is 2. The number of nitrogens with zero attached hydrogens (tertiary/aromatic N) is 2. The van der Waals surface area contributed by atoms with E-state index in [9.17, 15) is 27.2 Å². The van der Waals surface area contributed by atoms with Crippen molar-refractivity contribution in [3.05, 3.63) is 82.9 Å². The Balaban J connectivity index is 0.000000243. The molecule has 0 radical (unpaired) electrons. The van der Waals surface area contributed by atoms with Crippen molar-refractivity contribution < 1.29 is 36.7 Å². The highest BCUT2D eigenvalue weighted by Crippen LogP contribution is 2.37. The molecule has 3 aromatic heterocycles. The first kappa shape index (κ1) is 22.8. The average molecular weight is 470 g/mol. The van der Waals surface area contributed by atoms with Crippen LogP contribution in [-0.4, -0.2) is 26.4 Å². The molecule has 0 aliphatic rings. The Kier molecular flexibility index (Phi) is 6.21. The smallest absolute Gasteiger partial charge is 0.420 e. The Bertz CT molecular complexity index is 1300. The summed E-state index contributed by atoms with van der Waals surface area (Å²) < 4.78 is 57.7. The van der Waals surface area contributed by atoms with Gasteiger partial charge in [-0.3, -0.25) is 9.20 Å². The zero-order chi connectivity index (χ0) is 23.6. The number of alkyl halides is 3. The number of halogens is 5. The Labute approximate surface area is 181 Å². The molecule has 12 heteroatoms. The maximum atomic E-state index is 13.2. The fraction of sp³-hybridized carbons (Fsp3) is 0.0500. The molecule has 1 aromatic carbocycles. The van der Waals surface area contributed by atoms with E-state index >= 15 is 0 Å². The number of pyridine rings is 1. The van der Waals surface area contributed by atoms with Crippen LogP contribution in [0.25, 0.3) is 16.8 Å². The van der Waals surface area contributed by atoms with E-state index in [-0.39, 0.29) is 11.1 Å². The molecule has 0 fully saturated rings. The summed E-state index contributed by atoms with van der Waals surface area (Å²) in [6.45, 7) is 0. The third-order valence-electron chi connectivity index (χ3n) is 4.13. The second kappa shape index (κ2) is 8.71. The number of carbonyl (C=O) groups is 2. The number of aromatic nitrogens is 2. The van der Waals surface area contributed by atoms with Gasteiger partial charge in [0.1, 0.15) is 11.0 Å². The summed E-state index contributed by atoms with van der Waals surface area (Å²) in [4.78, 5) is 24.9. The summed E-state index contributed by atoms with van der Waals surface area (Å²) in [5.74, 6) is -2.57. The highest BCUT2D eigenvalue weighted by Gasteiger charge is 2.36. The minimum absolute atomic E-state index is 0.171. The number of carbonyl (C=O) groups excluding carboxylic acids is 1. The van der Waals surface area contributed by atoms with E-state index in [4.69, 9.17) is 26.9 Å². The number of furan rings is 1. The standard InChI is InChI=1S/C13H6ClF3N2O3.C7H6FNO/c14-10-9(12(20)21)18-11-8(13(15,16)17)3-7(4-19(10)11)6-1-2-22-5-6;8-6-3-1-2-5(4-6)7(9)10/h1-5H,(H,20,21);1-4H,(H2,9,10). The summed E-state index contributed by atoms with van der Waals surface area (Å²) >= 11 is 5.84. The molecule has 0 bridgehead atoms. The van der Waals surface area contributed by atoms with Crippen molar-refractivity contribution in [2.75, 3.05) is 0 Å². The molecule has 0 atom stereocenters. The van der Waals surface area contributed by atoms with Crippen molar-refractivity contribution in [3.8, 4) is 11.1 Å². The lowest BCUT2D eigenvalue weighted by atomic mass is 10.1. The van der Waals surface area contributed by atoms with Crippen LogP contribution in [0.1, 0.15) is 26.4 Å². The van der Waals surface area contributed by atoms with Crippen LogP contribution in [0.3, 0.4) is 0 Å². The molecule has 0 saturated carbocycles. The SMILES string of the molecule is NC(=O)c1cccc(F)c1.O=C(O)c1nc2c(C(F)(F)F)cc(-c3ccoc3)cn2c1Cl. The van der Waals surface area contributed by atoms with Gasteiger partial charge in [-0.05, 0) is 30.3 Å². The maximum Gasteiger partial charge on any atom is 0.420 e. The number of primary amides is 1. The summed E-state index contributed by atoms with van der Waals surface area (Å²) in [5, 5.41) is 8.55. The fourth-order valence-corrected chi connectivity index (χ4v) is 2.94. The van der Waals surface area contributed by atoms with Gasteiger partial charge in [0, 0.05) is 22.9 Å². The number of carboxylic acids is 1. The fourth-order valence-electron chi connectivity index (χ4n) is 2.69. The van der Waals surface area contributed by atoms with Crippen molar-refractivity contribution in [2.45, 2.75) is 6.18 Å². The summed E-state index contributed by atoms with van der Waals surface area (Å²) in [5.41, 5.74) is 3.35. The molecule has 7 nitrogen and oxygen atoms in total. The highest BCUT2D eigenvalue weighted by atomic mass is 35.5. The number of carboxylic acid groups (broad SMARTS) is 1. The Morgan fingerprint density at radius 2 is 1.88 bits per heavy atom. The Morgan fingerprint density at radius 1 is 1.16 bits per heavy atom. The number of rotatable bonds is 3. The topological polar surface area (TPSA) is 111 Å². The third kappa shape index (κ3) is 4.72. The van der Waals surface area contributed by atoms with Gasteiger partial charge in [-0.25, -0.2) is 14.2 Å². The number of amides is 1. The largest absolute Gasteiger partial charge is 0.476 e. The van der Waals surface area contributed by atoms with Crippen LogP contribution in [0, 0.1) is 5.82 Å². The predicted molar refractivity (Wildman–Crippen MR) is 105 cm³/mol. The van der Waals surface area contributed by atoms with E-state index in [1.54, 1.807) is 0 Å². The van der Waals surface area contributed by atoms with Gasteiger partial charge in [0.25, 0.3) is 0 Å². The summed E-state index contributed by atoms with van der Waals surface area (Å²) in [6.07, 6.45) is -0.863. The monoisotopic (exact) mass is 469 g/mol. The molecule has 4 rings (SSSR count). The molecule has 3 N–H and O–H groups in total. The van der Waals surface area contributed by atoms with E-state index in [1.807, 2.05) is 0 Å². The van der Waals surface area contributed by atoms with E-state index < -0.39 is 45.9 Å². The normalized spacial score (nSPS) is 11.2. The summed E-state index contributed by atoms with van der Waals surface area (Å²) in [7, 11) is 0. The molecule has 4 aromatic rings. The van der Waals surface area contributed by atoms with Crippen LogP contribution in [-0.2, 0) is 6.18 Å². The quantitative estimate of drug-likeness (QED) is 0.415. The average Bonchev–Trinajstić information content (AvgIpc) is 3.36. The van der Waals surface area contributed by atoms with Gasteiger partial charge < -0.3 is 15.3 Å². The van der Waals surface area contributed by atoms with Gasteiger partial charge in [-0.15, -0.1) is 0 Å². The molecular formula is C20H12ClF4N3O4. The molecule has 3 heterocycles. The maximum absolute atomic E-state index is 13.2. The van der Waals surface area contributed by atoms with E-state index in [0.717, 1.165) is 16.5 Å². The number of hydrogen-bond acceptors (Lipinski definition) is 4. The number of benzene rings is 1. The lowest BCUT2D eigenvalue weighted by Crippen LogP contribution is -2.10. The van der Waals surface area contributed by atoms with E-state index in [2.05, 4.69) is 4.98 Å². The number of aromatic carboxylic acids is 1. The minimum atomic E-state index is -4.72. The van der Waals surface area contributed by atoms with Gasteiger partial charge in [0.2, 0.25) is 5.91 Å². The molecule has 32 heavy (non-hydrogen) atoms. The second-order valence-electron chi connectivity index (χ2n) is 6.28. The molecule has 0 unspecified atom stereocenters. The lowest BCUT2D eigenvalue weighted by Gasteiger charge is -2.10. The van der Waals surface area contributed by atoms with E-state index in [1.165, 1.54) is 43.0 Å². The first-order chi connectivity index (χ1) is 15.0. The van der Waals surface area contributed by atoms with Gasteiger partial charge >= 0.3 is 12.1 Å². The Morgan fingerprint density at radius 3 is 2.38 bits per heavy atom. The van der Waals surface area contributed by atoms with Gasteiger partial charge in [-0.1, -0.05) is 17.7 Å².